The molecule has 2 heterocycles. The van der Waals surface area contributed by atoms with Gasteiger partial charge in [0.15, 0.2) is 0 Å². The Hall–Kier alpha value is -2.21. The fourth-order valence-electron chi connectivity index (χ4n) is 1.98. The van der Waals surface area contributed by atoms with Gasteiger partial charge in [0.05, 0.1) is 5.39 Å². The van der Waals surface area contributed by atoms with Crippen molar-refractivity contribution in [3.63, 3.8) is 0 Å². The minimum absolute atomic E-state index is 0.240. The van der Waals surface area contributed by atoms with Crippen LogP contribution in [0.15, 0.2) is 30.3 Å². The molecule has 2 aromatic heterocycles. The summed E-state index contributed by atoms with van der Waals surface area (Å²) in [6.07, 6.45) is 0. The van der Waals surface area contributed by atoms with Crippen LogP contribution in [-0.4, -0.2) is 9.97 Å². The number of nitrogen functional groups attached to an aromatic ring is 1. The molecule has 1 aromatic carbocycles. The highest BCUT2D eigenvalue weighted by Gasteiger charge is 2.09. The highest BCUT2D eigenvalue weighted by atomic mass is 32.1. The van der Waals surface area contributed by atoms with Crippen LogP contribution in [-0.2, 0) is 6.54 Å². The third-order valence-electron chi connectivity index (χ3n) is 2.91. The standard InChI is InChI=1S/C14H13FN4S/c1-8-6-11-12(18-14(16)19-13(11)20-8)17-7-9-2-4-10(15)5-3-9/h2-6H,7H2,1H3,(H3,16,17,18,19). The van der Waals surface area contributed by atoms with Crippen LogP contribution in [0.1, 0.15) is 10.4 Å². The van der Waals surface area contributed by atoms with Crippen LogP contribution in [0.3, 0.4) is 0 Å². The number of thiophene rings is 1. The van der Waals surface area contributed by atoms with Crippen LogP contribution in [0.2, 0.25) is 0 Å². The van der Waals surface area contributed by atoms with Gasteiger partial charge in [0.25, 0.3) is 0 Å². The Morgan fingerprint density at radius 2 is 2.00 bits per heavy atom. The van der Waals surface area contributed by atoms with E-state index in [1.54, 1.807) is 23.5 Å². The number of nitrogens with one attached hydrogen (secondary N) is 1. The summed E-state index contributed by atoms with van der Waals surface area (Å²) in [5.41, 5.74) is 6.69. The number of fused-ring (bicyclic) bond motifs is 1. The van der Waals surface area contributed by atoms with Crippen molar-refractivity contribution in [3.8, 4) is 0 Å². The number of aromatic nitrogens is 2. The molecule has 0 atom stereocenters. The van der Waals surface area contributed by atoms with Crippen molar-refractivity contribution in [2.75, 3.05) is 11.1 Å². The molecule has 0 bridgehead atoms. The molecular formula is C14H13FN4S. The molecule has 0 fully saturated rings. The van der Waals surface area contributed by atoms with Crippen LogP contribution in [0.5, 0.6) is 0 Å². The van der Waals surface area contributed by atoms with E-state index in [1.807, 2.05) is 13.0 Å². The van der Waals surface area contributed by atoms with E-state index in [4.69, 9.17) is 5.73 Å². The molecule has 0 amide bonds. The predicted molar refractivity (Wildman–Crippen MR) is 80.3 cm³/mol. The van der Waals surface area contributed by atoms with Crippen molar-refractivity contribution < 1.29 is 4.39 Å². The molecule has 3 rings (SSSR count). The summed E-state index contributed by atoms with van der Waals surface area (Å²) in [6.45, 7) is 2.58. The predicted octanol–water partition coefficient (Wildman–Crippen LogP) is 3.33. The smallest absolute Gasteiger partial charge is 0.223 e. The van der Waals surface area contributed by atoms with E-state index in [2.05, 4.69) is 15.3 Å². The Morgan fingerprint density at radius 3 is 2.75 bits per heavy atom. The van der Waals surface area contributed by atoms with Crippen molar-refractivity contribution >= 4 is 33.3 Å². The largest absolute Gasteiger partial charge is 0.368 e. The Balaban J connectivity index is 1.88. The van der Waals surface area contributed by atoms with Gasteiger partial charge in [-0.1, -0.05) is 12.1 Å². The van der Waals surface area contributed by atoms with Gasteiger partial charge >= 0.3 is 0 Å². The minimum atomic E-state index is -0.240. The first-order valence-corrected chi connectivity index (χ1v) is 6.95. The number of nitrogens with two attached hydrogens (primary N) is 1. The molecular weight excluding hydrogens is 275 g/mol. The average molecular weight is 288 g/mol. The van der Waals surface area contributed by atoms with Crippen LogP contribution in [0, 0.1) is 12.7 Å². The molecule has 0 unspecified atom stereocenters. The number of anilines is 2. The van der Waals surface area contributed by atoms with Gasteiger partial charge in [-0.2, -0.15) is 4.98 Å². The van der Waals surface area contributed by atoms with E-state index in [1.165, 1.54) is 12.1 Å². The lowest BCUT2D eigenvalue weighted by Crippen LogP contribution is -2.04. The number of hydrogen-bond acceptors (Lipinski definition) is 5. The first-order valence-electron chi connectivity index (χ1n) is 6.14. The molecule has 3 N–H and O–H groups in total. The lowest BCUT2D eigenvalue weighted by molar-refractivity contribution is 0.627. The second kappa shape index (κ2) is 5.05. The second-order valence-electron chi connectivity index (χ2n) is 4.49. The first-order chi connectivity index (χ1) is 9.61. The first kappa shape index (κ1) is 12.8. The van der Waals surface area contributed by atoms with Crippen molar-refractivity contribution in [1.82, 2.24) is 9.97 Å². The number of hydrogen-bond donors (Lipinski definition) is 2. The summed E-state index contributed by atoms with van der Waals surface area (Å²) in [5, 5.41) is 4.19. The van der Waals surface area contributed by atoms with Crippen LogP contribution >= 0.6 is 11.3 Å². The average Bonchev–Trinajstić information content (AvgIpc) is 2.78. The van der Waals surface area contributed by atoms with Gasteiger partial charge in [-0.3, -0.25) is 0 Å². The van der Waals surface area contributed by atoms with E-state index in [0.717, 1.165) is 20.7 Å². The molecule has 0 saturated carbocycles. The normalized spacial score (nSPS) is 10.9. The molecule has 0 aliphatic heterocycles. The number of halogens is 1. The van der Waals surface area contributed by atoms with Crippen molar-refractivity contribution in [3.05, 3.63) is 46.6 Å². The zero-order valence-electron chi connectivity index (χ0n) is 10.9. The molecule has 102 valence electrons. The summed E-state index contributed by atoms with van der Waals surface area (Å²) in [5.74, 6) is 0.720. The SMILES string of the molecule is Cc1cc2c(NCc3ccc(F)cc3)nc(N)nc2s1. The van der Waals surface area contributed by atoms with Crippen molar-refractivity contribution in [2.24, 2.45) is 0 Å². The van der Waals surface area contributed by atoms with Gasteiger partial charge in [0.2, 0.25) is 5.95 Å². The van der Waals surface area contributed by atoms with E-state index in [9.17, 15) is 4.39 Å². The number of rotatable bonds is 3. The molecule has 0 saturated heterocycles. The Morgan fingerprint density at radius 1 is 1.25 bits per heavy atom. The maximum Gasteiger partial charge on any atom is 0.223 e. The second-order valence-corrected chi connectivity index (χ2v) is 5.72. The Labute approximate surface area is 119 Å². The molecule has 0 aliphatic rings. The summed E-state index contributed by atoms with van der Waals surface area (Å²) in [4.78, 5) is 10.5. The van der Waals surface area contributed by atoms with Crippen molar-refractivity contribution in [2.45, 2.75) is 13.5 Å². The van der Waals surface area contributed by atoms with Crippen LogP contribution in [0.4, 0.5) is 16.2 Å². The van der Waals surface area contributed by atoms with E-state index < -0.39 is 0 Å². The molecule has 3 aromatic rings. The summed E-state index contributed by atoms with van der Waals surface area (Å²) < 4.78 is 12.9. The summed E-state index contributed by atoms with van der Waals surface area (Å²) in [7, 11) is 0. The fourth-order valence-corrected chi connectivity index (χ4v) is 2.87. The molecule has 4 nitrogen and oxygen atoms in total. The van der Waals surface area contributed by atoms with E-state index >= 15 is 0 Å². The van der Waals surface area contributed by atoms with Gasteiger partial charge in [-0.15, -0.1) is 11.3 Å². The Bertz CT molecular complexity index is 752. The van der Waals surface area contributed by atoms with Gasteiger partial charge in [0.1, 0.15) is 16.5 Å². The molecule has 6 heteroatoms. The van der Waals surface area contributed by atoms with Gasteiger partial charge in [-0.05, 0) is 30.7 Å². The Kier molecular flexibility index (Phi) is 3.23. The summed E-state index contributed by atoms with van der Waals surface area (Å²) >= 11 is 1.58. The lowest BCUT2D eigenvalue weighted by atomic mass is 10.2. The topological polar surface area (TPSA) is 63.8 Å². The quantitative estimate of drug-likeness (QED) is 0.776. The van der Waals surface area contributed by atoms with E-state index in [-0.39, 0.29) is 11.8 Å². The highest BCUT2D eigenvalue weighted by molar-refractivity contribution is 7.18. The lowest BCUT2D eigenvalue weighted by Gasteiger charge is -2.07. The summed E-state index contributed by atoms with van der Waals surface area (Å²) in [6, 6.07) is 8.39. The number of nitrogens with zero attached hydrogens (tertiary/aromatic N) is 2. The maximum atomic E-state index is 12.9. The van der Waals surface area contributed by atoms with Crippen molar-refractivity contribution in [1.29, 1.82) is 0 Å². The van der Waals surface area contributed by atoms with Gasteiger partial charge in [0, 0.05) is 11.4 Å². The zero-order chi connectivity index (χ0) is 14.1. The number of aryl methyl sites for hydroxylation is 1. The maximum absolute atomic E-state index is 12.9. The minimum Gasteiger partial charge on any atom is -0.368 e. The highest BCUT2D eigenvalue weighted by Crippen LogP contribution is 2.29. The monoisotopic (exact) mass is 288 g/mol. The van der Waals surface area contributed by atoms with E-state index in [0.29, 0.717) is 12.4 Å². The molecule has 0 radical (unpaired) electrons. The molecule has 0 spiro atoms. The third kappa shape index (κ3) is 2.55. The third-order valence-corrected chi connectivity index (χ3v) is 3.85. The van der Waals surface area contributed by atoms with Gasteiger partial charge < -0.3 is 11.1 Å². The fraction of sp³-hybridized carbons (Fsp3) is 0.143. The van der Waals surface area contributed by atoms with Crippen LogP contribution in [0.25, 0.3) is 10.2 Å². The zero-order valence-corrected chi connectivity index (χ0v) is 11.7. The molecule has 20 heavy (non-hydrogen) atoms. The van der Waals surface area contributed by atoms with Gasteiger partial charge in [-0.25, -0.2) is 9.37 Å². The van der Waals surface area contributed by atoms with Crippen LogP contribution < -0.4 is 11.1 Å². The molecule has 0 aliphatic carbocycles. The number of benzene rings is 1.